The van der Waals surface area contributed by atoms with Gasteiger partial charge in [0.05, 0.1) is 0 Å². The van der Waals surface area contributed by atoms with Gasteiger partial charge in [-0.15, -0.1) is 0 Å². The van der Waals surface area contributed by atoms with Crippen molar-refractivity contribution in [1.82, 2.24) is 0 Å². The summed E-state index contributed by atoms with van der Waals surface area (Å²) in [6.07, 6.45) is 0. The highest BCUT2D eigenvalue weighted by Gasteiger charge is 2.35. The first kappa shape index (κ1) is 35.1. The Morgan fingerprint density at radius 3 is 1.72 bits per heavy atom. The molecule has 1 aliphatic carbocycles. The number of nitrogens with one attached hydrogen (secondary N) is 2. The number of anilines is 4. The maximum atomic E-state index is 5.96. The first-order valence-corrected chi connectivity index (χ1v) is 19.9. The zero-order valence-corrected chi connectivity index (χ0v) is 32.5. The molecule has 0 bridgehead atoms. The summed E-state index contributed by atoms with van der Waals surface area (Å²) >= 11 is 0. The lowest BCUT2D eigenvalue weighted by Gasteiger charge is -2.22. The largest absolute Gasteiger partial charge is 0.456 e. The van der Waals surface area contributed by atoms with Gasteiger partial charge in [0.15, 0.2) is 0 Å². The molecule has 10 aromatic rings. The molecule has 0 radical (unpaired) electrons. The van der Waals surface area contributed by atoms with Gasteiger partial charge >= 0.3 is 0 Å². The van der Waals surface area contributed by atoms with E-state index in [1.165, 1.54) is 55.3 Å². The molecule has 2 N–H and O–H groups in total. The Bertz CT molecular complexity index is 3060. The van der Waals surface area contributed by atoms with Crippen LogP contribution in [0.15, 0.2) is 211 Å². The van der Waals surface area contributed by atoms with Crippen LogP contribution in [0.3, 0.4) is 0 Å². The van der Waals surface area contributed by atoms with Gasteiger partial charge in [-0.1, -0.05) is 159 Å². The fraction of sp³-hybridized carbons (Fsp3) is 0.0545. The van der Waals surface area contributed by atoms with Crippen LogP contribution in [0.4, 0.5) is 22.7 Å². The van der Waals surface area contributed by atoms with Crippen molar-refractivity contribution in [1.29, 1.82) is 0 Å². The summed E-state index contributed by atoms with van der Waals surface area (Å²) in [4.78, 5) is 0. The van der Waals surface area contributed by atoms with Crippen molar-refractivity contribution < 1.29 is 4.42 Å². The molecule has 1 aromatic heterocycles. The van der Waals surface area contributed by atoms with E-state index in [9.17, 15) is 0 Å². The predicted molar refractivity (Wildman–Crippen MR) is 246 cm³/mol. The summed E-state index contributed by atoms with van der Waals surface area (Å²) < 4.78 is 5.96. The van der Waals surface area contributed by atoms with Crippen LogP contribution in [-0.2, 0) is 5.41 Å². The lowest BCUT2D eigenvalue weighted by Crippen LogP contribution is -2.15. The van der Waals surface area contributed by atoms with Crippen molar-refractivity contribution in [2.75, 3.05) is 10.6 Å². The summed E-state index contributed by atoms with van der Waals surface area (Å²) in [5.74, 6) is 0. The van der Waals surface area contributed by atoms with E-state index in [1.54, 1.807) is 0 Å². The summed E-state index contributed by atoms with van der Waals surface area (Å²) in [5.41, 5.74) is 16.6. The number of furan rings is 1. The summed E-state index contributed by atoms with van der Waals surface area (Å²) in [5, 5.41) is 11.9. The molecule has 9 aromatic carbocycles. The Morgan fingerprint density at radius 1 is 0.362 bits per heavy atom. The minimum atomic E-state index is 0.0301. The van der Waals surface area contributed by atoms with Gasteiger partial charge in [0.2, 0.25) is 0 Å². The van der Waals surface area contributed by atoms with Crippen LogP contribution < -0.4 is 10.6 Å². The Kier molecular flexibility index (Phi) is 8.84. The van der Waals surface area contributed by atoms with Crippen LogP contribution in [0, 0.1) is 0 Å². The maximum absolute atomic E-state index is 5.96. The summed E-state index contributed by atoms with van der Waals surface area (Å²) in [7, 11) is 0. The van der Waals surface area contributed by atoms with Crippen molar-refractivity contribution in [2.45, 2.75) is 19.3 Å². The molecule has 0 aliphatic heterocycles. The lowest BCUT2D eigenvalue weighted by atomic mass is 9.82. The van der Waals surface area contributed by atoms with E-state index < -0.39 is 0 Å². The third-order valence-corrected chi connectivity index (χ3v) is 11.5. The van der Waals surface area contributed by atoms with E-state index in [1.807, 2.05) is 18.2 Å². The van der Waals surface area contributed by atoms with E-state index in [0.29, 0.717) is 0 Å². The topological polar surface area (TPSA) is 37.2 Å². The number of hydrogen-bond donors (Lipinski definition) is 2. The van der Waals surface area contributed by atoms with Crippen LogP contribution in [0.2, 0.25) is 0 Å². The molecule has 1 aliphatic rings. The van der Waals surface area contributed by atoms with Crippen LogP contribution in [0.1, 0.15) is 25.0 Å². The highest BCUT2D eigenvalue weighted by Crippen LogP contribution is 2.49. The van der Waals surface area contributed by atoms with Gasteiger partial charge in [0.1, 0.15) is 11.2 Å². The molecule has 58 heavy (non-hydrogen) atoms. The summed E-state index contributed by atoms with van der Waals surface area (Å²) in [6.45, 7) is 4.64. The van der Waals surface area contributed by atoms with Crippen LogP contribution in [0.25, 0.3) is 66.1 Å². The molecule has 11 rings (SSSR count). The average molecular weight is 747 g/mol. The molecule has 0 atom stereocenters. The number of fused-ring (bicyclic) bond motifs is 7. The van der Waals surface area contributed by atoms with E-state index in [2.05, 4.69) is 213 Å². The van der Waals surface area contributed by atoms with Crippen molar-refractivity contribution in [2.24, 2.45) is 0 Å². The van der Waals surface area contributed by atoms with Crippen molar-refractivity contribution in [3.05, 3.63) is 217 Å². The van der Waals surface area contributed by atoms with Crippen molar-refractivity contribution in [3.8, 4) is 33.4 Å². The number of hydrogen-bond acceptors (Lipinski definition) is 3. The predicted octanol–water partition coefficient (Wildman–Crippen LogP) is 15.6. The minimum absolute atomic E-state index is 0.0301. The second-order valence-corrected chi connectivity index (χ2v) is 15.5. The minimum Gasteiger partial charge on any atom is -0.456 e. The Labute approximate surface area is 339 Å². The van der Waals surface area contributed by atoms with E-state index in [4.69, 9.17) is 4.42 Å². The SMILES string of the molecule is CC1(C)c2ccccc2-c2ccc(Nc3cccc4ccccc34)cc21.c1ccc(-c2ccc(Nc3ccc(-c4ccc5oc6ccccc6c5c4)cc3)cc2)cc1. The Hall–Kier alpha value is -7.36. The molecule has 0 saturated heterocycles. The first-order valence-electron chi connectivity index (χ1n) is 19.9. The Balaban J connectivity index is 0.000000144. The summed E-state index contributed by atoms with van der Waals surface area (Å²) in [6, 6.07) is 72.6. The van der Waals surface area contributed by atoms with Gasteiger partial charge in [-0.25, -0.2) is 0 Å². The molecule has 3 nitrogen and oxygen atoms in total. The molecule has 0 spiro atoms. The van der Waals surface area contributed by atoms with Gasteiger partial charge in [-0.05, 0) is 111 Å². The molecule has 278 valence electrons. The van der Waals surface area contributed by atoms with Gasteiger partial charge in [0, 0.05) is 44.3 Å². The van der Waals surface area contributed by atoms with Gasteiger partial charge in [-0.3, -0.25) is 0 Å². The van der Waals surface area contributed by atoms with Gasteiger partial charge < -0.3 is 15.1 Å². The quantitative estimate of drug-likeness (QED) is 0.178. The van der Waals surface area contributed by atoms with Crippen LogP contribution in [0.5, 0.6) is 0 Å². The highest BCUT2D eigenvalue weighted by atomic mass is 16.3. The third-order valence-electron chi connectivity index (χ3n) is 11.5. The molecule has 0 saturated carbocycles. The van der Waals surface area contributed by atoms with Gasteiger partial charge in [-0.2, -0.15) is 0 Å². The Morgan fingerprint density at radius 2 is 0.931 bits per heavy atom. The average Bonchev–Trinajstić information content (AvgIpc) is 3.76. The fourth-order valence-corrected chi connectivity index (χ4v) is 8.47. The lowest BCUT2D eigenvalue weighted by molar-refractivity contribution is 0.660. The second kappa shape index (κ2) is 14.6. The van der Waals surface area contributed by atoms with E-state index in [0.717, 1.165) is 44.7 Å². The number of benzene rings is 9. The molecule has 1 heterocycles. The molecular formula is C55H42N2O. The molecule has 0 unspecified atom stereocenters. The molecule has 3 heteroatoms. The maximum Gasteiger partial charge on any atom is 0.135 e. The van der Waals surface area contributed by atoms with E-state index >= 15 is 0 Å². The third kappa shape index (κ3) is 6.57. The first-order chi connectivity index (χ1) is 28.5. The van der Waals surface area contributed by atoms with Gasteiger partial charge in [0.25, 0.3) is 0 Å². The second-order valence-electron chi connectivity index (χ2n) is 15.5. The zero-order chi connectivity index (χ0) is 39.1. The standard InChI is InChI=1S/C30H21NO.C25H21N/c1-2-6-21(7-3-1)22-10-15-25(16-11-22)31-26-17-12-23(13-18-26)24-14-19-30-28(20-24)27-8-4-5-9-29(27)32-30;1-25(2)22-12-6-5-11-20(22)21-15-14-18(16-23(21)25)26-24-13-7-9-17-8-3-4-10-19(17)24/h1-20,31H;3-16,26H,1-2H3. The van der Waals surface area contributed by atoms with Crippen molar-refractivity contribution >= 4 is 55.5 Å². The highest BCUT2D eigenvalue weighted by molar-refractivity contribution is 6.06. The zero-order valence-electron chi connectivity index (χ0n) is 32.5. The number of rotatable bonds is 6. The smallest absolute Gasteiger partial charge is 0.135 e. The van der Waals surface area contributed by atoms with Crippen LogP contribution in [-0.4, -0.2) is 0 Å². The number of para-hydroxylation sites is 1. The normalized spacial score (nSPS) is 12.4. The monoisotopic (exact) mass is 746 g/mol. The molecule has 0 fully saturated rings. The van der Waals surface area contributed by atoms with E-state index in [-0.39, 0.29) is 5.41 Å². The molecule has 0 amide bonds. The van der Waals surface area contributed by atoms with Crippen LogP contribution >= 0.6 is 0 Å². The molecular weight excluding hydrogens is 705 g/mol. The van der Waals surface area contributed by atoms with Crippen molar-refractivity contribution in [3.63, 3.8) is 0 Å². The fourth-order valence-electron chi connectivity index (χ4n) is 8.47.